The van der Waals surface area contributed by atoms with Crippen LogP contribution in [0.5, 0.6) is 0 Å². The van der Waals surface area contributed by atoms with Crippen LogP contribution in [0.2, 0.25) is 0 Å². The van der Waals surface area contributed by atoms with Gasteiger partial charge in [0.25, 0.3) is 0 Å². The first-order chi connectivity index (χ1) is 17.1. The summed E-state index contributed by atoms with van der Waals surface area (Å²) >= 11 is 0. The molecule has 184 valence electrons. The second-order valence-electron chi connectivity index (χ2n) is 10.9. The van der Waals surface area contributed by atoms with Crippen LogP contribution in [0.15, 0.2) is 72.8 Å². The van der Waals surface area contributed by atoms with Gasteiger partial charge >= 0.3 is 0 Å². The lowest BCUT2D eigenvalue weighted by molar-refractivity contribution is 0.196. The quantitative estimate of drug-likeness (QED) is 0.309. The number of hydrogen-bond donors (Lipinski definition) is 1. The van der Waals surface area contributed by atoms with Crippen molar-refractivity contribution in [3.05, 3.63) is 101 Å². The van der Waals surface area contributed by atoms with Crippen LogP contribution in [0, 0.1) is 17.7 Å². The van der Waals surface area contributed by atoms with E-state index in [0.717, 1.165) is 37.3 Å². The van der Waals surface area contributed by atoms with Crippen LogP contribution in [-0.4, -0.2) is 19.6 Å². The summed E-state index contributed by atoms with van der Waals surface area (Å²) in [4.78, 5) is 2.42. The van der Waals surface area contributed by atoms with Gasteiger partial charge in [-0.1, -0.05) is 62.4 Å². The molecule has 3 aromatic carbocycles. The molecule has 0 radical (unpaired) electrons. The fourth-order valence-electron chi connectivity index (χ4n) is 5.58. The fourth-order valence-corrected chi connectivity index (χ4v) is 5.58. The standard InChI is InChI=1S/C32H39FN2/c1-23(2)28-20-29(21-28)25-6-8-26(9-7-25)32(27-10-12-30(33)13-11-27)16-17-34-22-24-4-14-31(15-5-24)35-18-3-19-35/h4-15,23,28-29,32,34H,3,16-22H2,1-2H3/t28?,29?,32-/m0/s1. The Morgan fingerprint density at radius 3 is 2.06 bits per heavy atom. The third-order valence-electron chi connectivity index (χ3n) is 8.30. The Bertz CT molecular complexity index is 1060. The zero-order valence-corrected chi connectivity index (χ0v) is 21.2. The monoisotopic (exact) mass is 470 g/mol. The van der Waals surface area contributed by atoms with E-state index in [9.17, 15) is 4.39 Å². The summed E-state index contributed by atoms with van der Waals surface area (Å²) in [5.41, 5.74) is 6.63. The zero-order valence-electron chi connectivity index (χ0n) is 21.2. The van der Waals surface area contributed by atoms with E-state index >= 15 is 0 Å². The first-order valence-corrected chi connectivity index (χ1v) is 13.5. The number of nitrogens with one attached hydrogen (secondary N) is 1. The minimum absolute atomic E-state index is 0.174. The van der Waals surface area contributed by atoms with E-state index in [2.05, 4.69) is 72.6 Å². The van der Waals surface area contributed by atoms with Gasteiger partial charge in [0, 0.05) is 31.2 Å². The minimum Gasteiger partial charge on any atom is -0.371 e. The van der Waals surface area contributed by atoms with E-state index in [-0.39, 0.29) is 11.7 Å². The Hall–Kier alpha value is -2.65. The molecule has 0 aromatic heterocycles. The number of halogens is 1. The molecule has 3 heteroatoms. The van der Waals surface area contributed by atoms with Crippen molar-refractivity contribution in [2.75, 3.05) is 24.5 Å². The number of rotatable bonds is 10. The molecular formula is C32H39FN2. The van der Waals surface area contributed by atoms with Gasteiger partial charge in [0.2, 0.25) is 0 Å². The lowest BCUT2D eigenvalue weighted by Gasteiger charge is -2.38. The van der Waals surface area contributed by atoms with Crippen molar-refractivity contribution in [1.29, 1.82) is 0 Å². The van der Waals surface area contributed by atoms with E-state index in [4.69, 9.17) is 0 Å². The second-order valence-corrected chi connectivity index (χ2v) is 10.9. The molecule has 5 rings (SSSR count). The van der Waals surface area contributed by atoms with Crippen molar-refractivity contribution >= 4 is 5.69 Å². The van der Waals surface area contributed by atoms with E-state index in [1.54, 1.807) is 12.1 Å². The smallest absolute Gasteiger partial charge is 0.123 e. The average molecular weight is 471 g/mol. The van der Waals surface area contributed by atoms with Crippen LogP contribution in [-0.2, 0) is 6.54 Å². The molecule has 3 aromatic rings. The van der Waals surface area contributed by atoms with E-state index in [1.807, 2.05) is 12.1 Å². The summed E-state index contributed by atoms with van der Waals surface area (Å²) in [6.45, 7) is 8.83. The molecule has 35 heavy (non-hydrogen) atoms. The molecule has 1 aliphatic carbocycles. The van der Waals surface area contributed by atoms with Gasteiger partial charge in [-0.25, -0.2) is 4.39 Å². The minimum atomic E-state index is -0.174. The van der Waals surface area contributed by atoms with Gasteiger partial charge in [0.15, 0.2) is 0 Å². The lowest BCUT2D eigenvalue weighted by Crippen LogP contribution is -2.36. The summed E-state index contributed by atoms with van der Waals surface area (Å²) in [6, 6.07) is 25.3. The zero-order chi connectivity index (χ0) is 24.2. The van der Waals surface area contributed by atoms with Crippen LogP contribution >= 0.6 is 0 Å². The topological polar surface area (TPSA) is 15.3 Å². The van der Waals surface area contributed by atoms with Gasteiger partial charge in [0.05, 0.1) is 0 Å². The third kappa shape index (κ3) is 5.78. The molecule has 2 aliphatic rings. The molecule has 1 atom stereocenters. The molecule has 1 saturated carbocycles. The highest BCUT2D eigenvalue weighted by Gasteiger charge is 2.32. The van der Waals surface area contributed by atoms with E-state index in [1.165, 1.54) is 60.3 Å². The number of hydrogen-bond acceptors (Lipinski definition) is 2. The van der Waals surface area contributed by atoms with Gasteiger partial charge in [-0.3, -0.25) is 0 Å². The fraction of sp³-hybridized carbons (Fsp3) is 0.438. The Balaban J connectivity index is 1.20. The molecule has 1 N–H and O–H groups in total. The van der Waals surface area contributed by atoms with Gasteiger partial charge < -0.3 is 10.2 Å². The lowest BCUT2D eigenvalue weighted by atomic mass is 9.67. The Morgan fingerprint density at radius 1 is 0.857 bits per heavy atom. The summed E-state index contributed by atoms with van der Waals surface area (Å²) in [5.74, 6) is 2.47. The Morgan fingerprint density at radius 2 is 1.49 bits per heavy atom. The van der Waals surface area contributed by atoms with Crippen LogP contribution in [0.1, 0.15) is 73.6 Å². The third-order valence-corrected chi connectivity index (χ3v) is 8.30. The number of anilines is 1. The summed E-state index contributed by atoms with van der Waals surface area (Å²) in [6.07, 6.45) is 4.93. The SMILES string of the molecule is CC(C)C1CC(c2ccc([C@H](CCNCc3ccc(N4CCC4)cc3)c3ccc(F)cc3)cc2)C1. The van der Waals surface area contributed by atoms with E-state index in [0.29, 0.717) is 0 Å². The highest BCUT2D eigenvalue weighted by Crippen LogP contribution is 2.45. The number of benzene rings is 3. The predicted molar refractivity (Wildman–Crippen MR) is 145 cm³/mol. The predicted octanol–water partition coefficient (Wildman–Crippen LogP) is 7.50. The molecule has 1 heterocycles. The Labute approximate surface area is 210 Å². The Kier molecular flexibility index (Phi) is 7.53. The molecule has 1 aliphatic heterocycles. The molecule has 1 saturated heterocycles. The van der Waals surface area contributed by atoms with Gasteiger partial charge in [-0.15, -0.1) is 0 Å². The van der Waals surface area contributed by atoms with Gasteiger partial charge in [-0.05, 0) is 96.5 Å². The molecule has 0 unspecified atom stereocenters. The second kappa shape index (κ2) is 11.0. The molecule has 0 amide bonds. The largest absolute Gasteiger partial charge is 0.371 e. The van der Waals surface area contributed by atoms with E-state index < -0.39 is 0 Å². The maximum Gasteiger partial charge on any atom is 0.123 e. The van der Waals surface area contributed by atoms with Crippen molar-refractivity contribution < 1.29 is 4.39 Å². The maximum atomic E-state index is 13.6. The van der Waals surface area contributed by atoms with Crippen molar-refractivity contribution in [2.24, 2.45) is 11.8 Å². The van der Waals surface area contributed by atoms with Crippen molar-refractivity contribution in [3.8, 4) is 0 Å². The normalized spacial score (nSPS) is 20.4. The summed E-state index contributed by atoms with van der Waals surface area (Å²) in [5, 5.41) is 3.64. The van der Waals surface area contributed by atoms with Gasteiger partial charge in [0.1, 0.15) is 5.82 Å². The molecule has 2 fully saturated rings. The number of nitrogens with zero attached hydrogens (tertiary/aromatic N) is 1. The molecule has 0 spiro atoms. The van der Waals surface area contributed by atoms with Crippen molar-refractivity contribution in [1.82, 2.24) is 5.32 Å². The molecule has 0 bridgehead atoms. The highest BCUT2D eigenvalue weighted by molar-refractivity contribution is 5.49. The first-order valence-electron chi connectivity index (χ1n) is 13.5. The van der Waals surface area contributed by atoms with Crippen LogP contribution in [0.25, 0.3) is 0 Å². The summed E-state index contributed by atoms with van der Waals surface area (Å²) in [7, 11) is 0. The van der Waals surface area contributed by atoms with Crippen LogP contribution in [0.4, 0.5) is 10.1 Å². The van der Waals surface area contributed by atoms with Crippen LogP contribution in [0.3, 0.4) is 0 Å². The van der Waals surface area contributed by atoms with Crippen LogP contribution < -0.4 is 10.2 Å². The molecular weight excluding hydrogens is 431 g/mol. The first kappa shape index (κ1) is 24.1. The van der Waals surface area contributed by atoms with Crippen molar-refractivity contribution in [2.45, 2.75) is 57.9 Å². The highest BCUT2D eigenvalue weighted by atomic mass is 19.1. The molecule has 2 nitrogen and oxygen atoms in total. The van der Waals surface area contributed by atoms with Gasteiger partial charge in [-0.2, -0.15) is 0 Å². The maximum absolute atomic E-state index is 13.6. The van der Waals surface area contributed by atoms with Crippen molar-refractivity contribution in [3.63, 3.8) is 0 Å². The average Bonchev–Trinajstić information content (AvgIpc) is 2.79. The summed E-state index contributed by atoms with van der Waals surface area (Å²) < 4.78 is 13.6.